The summed E-state index contributed by atoms with van der Waals surface area (Å²) in [6.07, 6.45) is 0. The molecule has 0 aliphatic rings. The Kier molecular flexibility index (Phi) is 5.76. The first-order valence-corrected chi connectivity index (χ1v) is 7.96. The second-order valence-electron chi connectivity index (χ2n) is 5.37. The molecule has 0 spiro atoms. The van der Waals surface area contributed by atoms with Crippen molar-refractivity contribution in [2.24, 2.45) is 0 Å². The summed E-state index contributed by atoms with van der Waals surface area (Å²) in [7, 11) is 0. The minimum absolute atomic E-state index is 0.0971. The number of benzene rings is 1. The zero-order valence-electron chi connectivity index (χ0n) is 13.4. The van der Waals surface area contributed by atoms with Crippen molar-refractivity contribution >= 4 is 34.8 Å². The van der Waals surface area contributed by atoms with Gasteiger partial charge in [-0.1, -0.05) is 23.2 Å². The maximum atomic E-state index is 12.1. The van der Waals surface area contributed by atoms with Crippen molar-refractivity contribution in [2.45, 2.75) is 19.9 Å². The van der Waals surface area contributed by atoms with Gasteiger partial charge in [-0.25, -0.2) is 4.79 Å². The largest absolute Gasteiger partial charge is 0.490 e. The number of carbonyl (C=O) groups excluding carboxylic acids is 1. The first kappa shape index (κ1) is 18.9. The molecule has 0 aliphatic heterocycles. The maximum absolute atomic E-state index is 12.1. The van der Waals surface area contributed by atoms with Gasteiger partial charge in [-0.05, 0) is 31.5 Å². The second-order valence-corrected chi connectivity index (χ2v) is 6.15. The molecule has 134 valence electrons. The van der Waals surface area contributed by atoms with E-state index >= 15 is 0 Å². The van der Waals surface area contributed by atoms with E-state index in [0.717, 1.165) is 0 Å². The Balaban J connectivity index is 2.05. The first-order valence-electron chi connectivity index (χ1n) is 7.21. The van der Waals surface area contributed by atoms with Crippen LogP contribution in [0.25, 0.3) is 0 Å². The summed E-state index contributed by atoms with van der Waals surface area (Å²) in [4.78, 5) is 39.0. The molecule has 1 aromatic heterocycles. The maximum Gasteiger partial charge on any atom is 0.326 e. The number of halogens is 2. The number of nitrogen functional groups attached to an aromatic ring is 1. The molecule has 10 heteroatoms. The van der Waals surface area contributed by atoms with Crippen LogP contribution in [-0.4, -0.2) is 28.5 Å². The molecule has 1 atom stereocenters. The van der Waals surface area contributed by atoms with Gasteiger partial charge < -0.3 is 20.8 Å². The van der Waals surface area contributed by atoms with Crippen molar-refractivity contribution in [3.63, 3.8) is 0 Å². The van der Waals surface area contributed by atoms with Gasteiger partial charge in [-0.3, -0.25) is 14.6 Å². The number of hydrogen-bond donors (Lipinski definition) is 4. The minimum Gasteiger partial charge on any atom is -0.490 e. The summed E-state index contributed by atoms with van der Waals surface area (Å²) >= 11 is 12.1. The number of aromatic nitrogens is 2. The molecule has 0 radical (unpaired) electrons. The summed E-state index contributed by atoms with van der Waals surface area (Å²) in [5, 5.41) is 3.48. The highest BCUT2D eigenvalue weighted by Crippen LogP contribution is 2.32. The normalized spacial score (nSPS) is 11.8. The van der Waals surface area contributed by atoms with Crippen LogP contribution in [0.1, 0.15) is 23.0 Å². The number of anilines is 1. The Morgan fingerprint density at radius 3 is 2.68 bits per heavy atom. The highest BCUT2D eigenvalue weighted by atomic mass is 35.5. The van der Waals surface area contributed by atoms with E-state index in [9.17, 15) is 14.4 Å². The molecule has 1 amide bonds. The number of amides is 1. The van der Waals surface area contributed by atoms with Crippen LogP contribution in [0.5, 0.6) is 5.75 Å². The first-order chi connectivity index (χ1) is 11.7. The Morgan fingerprint density at radius 2 is 2.00 bits per heavy atom. The lowest BCUT2D eigenvalue weighted by Gasteiger charge is -2.16. The molecule has 8 nitrogen and oxygen atoms in total. The molecule has 0 saturated carbocycles. The molecule has 5 N–H and O–H groups in total. The van der Waals surface area contributed by atoms with E-state index in [-0.39, 0.29) is 18.0 Å². The summed E-state index contributed by atoms with van der Waals surface area (Å²) in [6, 6.07) is 2.82. The summed E-state index contributed by atoms with van der Waals surface area (Å²) < 4.78 is 5.57. The zero-order chi connectivity index (χ0) is 18.7. The van der Waals surface area contributed by atoms with E-state index in [1.807, 2.05) is 4.98 Å². The molecule has 0 unspecified atom stereocenters. The van der Waals surface area contributed by atoms with Crippen LogP contribution in [0.2, 0.25) is 10.0 Å². The number of nitrogens with one attached hydrogen (secondary N) is 3. The average Bonchev–Trinajstić information content (AvgIpc) is 2.55. The van der Waals surface area contributed by atoms with Crippen LogP contribution in [0.3, 0.4) is 0 Å². The van der Waals surface area contributed by atoms with Crippen LogP contribution >= 0.6 is 23.2 Å². The van der Waals surface area contributed by atoms with Gasteiger partial charge in [0.25, 0.3) is 11.5 Å². The molecule has 2 aromatic rings. The average molecular weight is 387 g/mol. The molecular weight excluding hydrogens is 371 g/mol. The van der Waals surface area contributed by atoms with E-state index in [1.165, 1.54) is 0 Å². The van der Waals surface area contributed by atoms with Gasteiger partial charge in [-0.15, -0.1) is 0 Å². The Hall–Kier alpha value is -2.45. The van der Waals surface area contributed by atoms with Crippen molar-refractivity contribution < 1.29 is 9.53 Å². The van der Waals surface area contributed by atoms with Gasteiger partial charge in [0.1, 0.15) is 23.7 Å². The number of H-pyrrole nitrogens is 2. The lowest BCUT2D eigenvalue weighted by atomic mass is 10.2. The van der Waals surface area contributed by atoms with Crippen molar-refractivity contribution in [1.82, 2.24) is 15.3 Å². The minimum atomic E-state index is -0.832. The Bertz CT molecular complexity index is 923. The predicted octanol–water partition coefficient (Wildman–Crippen LogP) is 1.46. The van der Waals surface area contributed by atoms with Crippen LogP contribution in [0.15, 0.2) is 21.7 Å². The van der Waals surface area contributed by atoms with E-state index in [2.05, 4.69) is 10.3 Å². The Labute approximate surface area is 152 Å². The van der Waals surface area contributed by atoms with Gasteiger partial charge in [-0.2, -0.15) is 0 Å². The fourth-order valence-electron chi connectivity index (χ4n) is 1.98. The Morgan fingerprint density at radius 1 is 1.32 bits per heavy atom. The number of hydrogen-bond acceptors (Lipinski definition) is 5. The van der Waals surface area contributed by atoms with E-state index in [0.29, 0.717) is 21.4 Å². The van der Waals surface area contributed by atoms with Gasteiger partial charge in [0.05, 0.1) is 11.1 Å². The topological polar surface area (TPSA) is 130 Å². The van der Waals surface area contributed by atoms with Crippen molar-refractivity contribution in [3.05, 3.63) is 54.3 Å². The van der Waals surface area contributed by atoms with Crippen LogP contribution in [-0.2, 0) is 0 Å². The van der Waals surface area contributed by atoms with E-state index in [1.54, 1.807) is 26.0 Å². The van der Waals surface area contributed by atoms with Gasteiger partial charge >= 0.3 is 5.69 Å². The fourth-order valence-corrected chi connectivity index (χ4v) is 2.40. The lowest BCUT2D eigenvalue weighted by Crippen LogP contribution is -2.40. The molecule has 0 fully saturated rings. The zero-order valence-corrected chi connectivity index (χ0v) is 14.9. The van der Waals surface area contributed by atoms with Gasteiger partial charge in [0.2, 0.25) is 0 Å². The van der Waals surface area contributed by atoms with Crippen molar-refractivity contribution in [3.8, 4) is 5.75 Å². The number of carbonyl (C=O) groups is 1. The lowest BCUT2D eigenvalue weighted by molar-refractivity contribution is 0.0922. The predicted molar refractivity (Wildman–Crippen MR) is 95.7 cm³/mol. The number of aromatic amines is 2. The third-order valence-corrected chi connectivity index (χ3v) is 4.24. The van der Waals surface area contributed by atoms with E-state index < -0.39 is 23.2 Å². The van der Waals surface area contributed by atoms with Gasteiger partial charge in [0, 0.05) is 5.02 Å². The third-order valence-electron chi connectivity index (χ3n) is 3.36. The molecular formula is C15H16Cl2N4O4. The van der Waals surface area contributed by atoms with Crippen LogP contribution < -0.4 is 27.0 Å². The van der Waals surface area contributed by atoms with Crippen molar-refractivity contribution in [1.29, 1.82) is 0 Å². The molecule has 1 heterocycles. The molecule has 2 rings (SSSR count). The number of ether oxygens (including phenoxy) is 1. The number of nitrogens with two attached hydrogens (primary N) is 1. The third kappa shape index (κ3) is 4.34. The van der Waals surface area contributed by atoms with Gasteiger partial charge in [0.15, 0.2) is 0 Å². The van der Waals surface area contributed by atoms with Crippen LogP contribution in [0, 0.1) is 6.92 Å². The molecule has 0 aliphatic carbocycles. The second kappa shape index (κ2) is 7.62. The SMILES string of the molecule is Cc1c(Cl)ccc(OC[C@@H](C)NC(=O)c2[nH]c(=O)[nH]c(=O)c2N)c1Cl. The monoisotopic (exact) mass is 386 g/mol. The molecule has 0 saturated heterocycles. The van der Waals surface area contributed by atoms with Crippen LogP contribution in [0.4, 0.5) is 5.69 Å². The van der Waals surface area contributed by atoms with Crippen molar-refractivity contribution in [2.75, 3.05) is 12.3 Å². The molecule has 1 aromatic carbocycles. The highest BCUT2D eigenvalue weighted by molar-refractivity contribution is 6.36. The number of rotatable bonds is 5. The fraction of sp³-hybridized carbons (Fsp3) is 0.267. The molecule has 25 heavy (non-hydrogen) atoms. The summed E-state index contributed by atoms with van der Waals surface area (Å²) in [5.41, 5.74) is 3.86. The smallest absolute Gasteiger partial charge is 0.326 e. The van der Waals surface area contributed by atoms with E-state index in [4.69, 9.17) is 33.7 Å². The molecule has 0 bridgehead atoms. The quantitative estimate of drug-likeness (QED) is 0.617. The summed E-state index contributed by atoms with van der Waals surface area (Å²) in [6.45, 7) is 3.53. The standard InChI is InChI=1S/C15H16Cl2N4O4/c1-6(5-25-9-4-3-8(16)7(2)10(9)17)19-14(23)12-11(18)13(22)21-15(24)20-12/h3-4,6H,5,18H2,1-2H3,(H,19,23)(H2,20,21,22,24)/t6-/m1/s1. The highest BCUT2D eigenvalue weighted by Gasteiger charge is 2.17. The summed E-state index contributed by atoms with van der Waals surface area (Å²) in [5.74, 6) is -0.274.